The Kier molecular flexibility index (Phi) is 4.36. The van der Waals surface area contributed by atoms with Gasteiger partial charge < -0.3 is 10.2 Å². The number of hydrogen-bond donors (Lipinski definition) is 2. The Balaban J connectivity index is 3.46. The van der Waals surface area contributed by atoms with Crippen LogP contribution in [0.1, 0.15) is 13.8 Å². The van der Waals surface area contributed by atoms with Crippen LogP contribution in [0.25, 0.3) is 0 Å². The Labute approximate surface area is 110 Å². The zero-order valence-electron chi connectivity index (χ0n) is 11.9. The van der Waals surface area contributed by atoms with Crippen LogP contribution in [0.3, 0.4) is 0 Å². The quantitative estimate of drug-likeness (QED) is 0.605. The van der Waals surface area contributed by atoms with E-state index in [0.717, 1.165) is 10.8 Å². The monoisotopic (exact) mass is 268 g/mol. The molecule has 3 nitrogen and oxygen atoms in total. The fraction of sp³-hybridized carbons (Fsp3) is 0.643. The molecule has 0 aliphatic heterocycles. The summed E-state index contributed by atoms with van der Waals surface area (Å²) in [6.07, 6.45) is 0.255. The van der Waals surface area contributed by atoms with Crippen molar-refractivity contribution in [1.29, 1.82) is 0 Å². The molecule has 0 saturated heterocycles. The normalized spacial score (nSPS) is 28.5. The minimum Gasteiger partial charge on any atom is -0.393 e. The average Bonchev–Trinajstić information content (AvgIpc) is 2.50. The van der Waals surface area contributed by atoms with E-state index in [1.807, 2.05) is 0 Å². The highest BCUT2D eigenvalue weighted by Crippen LogP contribution is 2.42. The van der Waals surface area contributed by atoms with Crippen molar-refractivity contribution in [2.45, 2.75) is 45.7 Å². The van der Waals surface area contributed by atoms with Crippen LogP contribution in [-0.2, 0) is 4.79 Å². The molecule has 4 heteroatoms. The number of ketones is 1. The smallest absolute Gasteiger partial charge is 0.162 e. The third-order valence-corrected chi connectivity index (χ3v) is 5.59. The largest absolute Gasteiger partial charge is 0.393 e. The van der Waals surface area contributed by atoms with Gasteiger partial charge in [-0.2, -0.15) is 0 Å². The first kappa shape index (κ1) is 15.3. The van der Waals surface area contributed by atoms with Crippen molar-refractivity contribution in [3.8, 4) is 0 Å². The van der Waals surface area contributed by atoms with E-state index in [1.54, 1.807) is 19.9 Å². The summed E-state index contributed by atoms with van der Waals surface area (Å²) in [4.78, 5) is 12.5. The fourth-order valence-corrected chi connectivity index (χ4v) is 5.08. The molecular formula is C14H24O3Si. The molecule has 0 fully saturated rings. The molecule has 1 aliphatic rings. The van der Waals surface area contributed by atoms with Crippen LogP contribution in [0.2, 0.25) is 19.6 Å². The summed E-state index contributed by atoms with van der Waals surface area (Å²) in [5, 5.41) is 20.7. The molecule has 0 aromatic rings. The van der Waals surface area contributed by atoms with Crippen LogP contribution in [0.5, 0.6) is 0 Å². The molecule has 102 valence electrons. The minimum atomic E-state index is -1.85. The van der Waals surface area contributed by atoms with Crippen molar-refractivity contribution >= 4 is 13.9 Å². The number of Topliss-reactive ketones (excluding diaryl/α,β-unsaturated/α-hetero) is 1. The maximum atomic E-state index is 12.5. The van der Waals surface area contributed by atoms with Gasteiger partial charge in [-0.25, -0.2) is 0 Å². The maximum absolute atomic E-state index is 12.5. The zero-order valence-corrected chi connectivity index (χ0v) is 12.9. The third kappa shape index (κ3) is 2.51. The van der Waals surface area contributed by atoms with Gasteiger partial charge in [0.05, 0.1) is 20.3 Å². The second-order valence-corrected chi connectivity index (χ2v) is 11.1. The summed E-state index contributed by atoms with van der Waals surface area (Å²) in [5.41, 5.74) is 0.735. The Hall–Kier alpha value is -0.713. The van der Waals surface area contributed by atoms with Crippen molar-refractivity contribution in [1.82, 2.24) is 0 Å². The summed E-state index contributed by atoms with van der Waals surface area (Å²) in [6.45, 7) is 13.3. The van der Waals surface area contributed by atoms with E-state index in [1.165, 1.54) is 0 Å². The molecule has 0 heterocycles. The summed E-state index contributed by atoms with van der Waals surface area (Å²) >= 11 is 0. The number of carbonyl (C=O) groups excluding carboxylic acids is 1. The molecule has 0 saturated carbocycles. The van der Waals surface area contributed by atoms with E-state index in [-0.39, 0.29) is 11.7 Å². The van der Waals surface area contributed by atoms with E-state index >= 15 is 0 Å². The summed E-state index contributed by atoms with van der Waals surface area (Å²) in [6, 6.07) is 0. The van der Waals surface area contributed by atoms with Crippen LogP contribution >= 0.6 is 0 Å². The van der Waals surface area contributed by atoms with Gasteiger partial charge in [-0.15, -0.1) is 6.58 Å². The third-order valence-electron chi connectivity index (χ3n) is 3.56. The van der Waals surface area contributed by atoms with Crippen LogP contribution in [0.4, 0.5) is 0 Å². The highest BCUT2D eigenvalue weighted by atomic mass is 28.3. The van der Waals surface area contributed by atoms with E-state index in [4.69, 9.17) is 0 Å². The van der Waals surface area contributed by atoms with Gasteiger partial charge in [-0.05, 0) is 24.6 Å². The predicted octanol–water partition coefficient (Wildman–Crippen LogP) is 1.92. The first-order valence-electron chi connectivity index (χ1n) is 6.40. The Bertz CT molecular complexity index is 388. The van der Waals surface area contributed by atoms with Gasteiger partial charge in [0.1, 0.15) is 0 Å². The molecule has 0 aromatic carbocycles. The van der Waals surface area contributed by atoms with Crippen molar-refractivity contribution in [2.75, 3.05) is 0 Å². The number of allylic oxidation sites excluding steroid dienone is 2. The van der Waals surface area contributed by atoms with Gasteiger partial charge in [0, 0.05) is 11.8 Å². The lowest BCUT2D eigenvalue weighted by Gasteiger charge is -2.25. The highest BCUT2D eigenvalue weighted by Gasteiger charge is 2.47. The van der Waals surface area contributed by atoms with Gasteiger partial charge >= 0.3 is 0 Å². The molecule has 0 bridgehead atoms. The number of carbonyl (C=O) groups is 1. The number of aliphatic hydroxyl groups excluding tert-OH is 2. The molecule has 0 amide bonds. The topological polar surface area (TPSA) is 57.5 Å². The summed E-state index contributed by atoms with van der Waals surface area (Å²) in [7, 11) is -1.85. The molecule has 1 rings (SSSR count). The van der Waals surface area contributed by atoms with Crippen molar-refractivity contribution < 1.29 is 15.0 Å². The SMILES string of the molecule is C=CC1C(=O)C([Si](C)(C)C)=C([C@H](C)O)C1[C@H](C)O. The van der Waals surface area contributed by atoms with Crippen LogP contribution in [-0.4, -0.2) is 36.3 Å². The lowest BCUT2D eigenvalue weighted by atomic mass is 9.85. The predicted molar refractivity (Wildman–Crippen MR) is 75.9 cm³/mol. The molecule has 0 spiro atoms. The van der Waals surface area contributed by atoms with Gasteiger partial charge in [0.25, 0.3) is 0 Å². The van der Waals surface area contributed by atoms with Gasteiger partial charge in [0.2, 0.25) is 0 Å². The van der Waals surface area contributed by atoms with Crippen molar-refractivity contribution in [2.24, 2.45) is 11.8 Å². The van der Waals surface area contributed by atoms with E-state index in [0.29, 0.717) is 0 Å². The Morgan fingerprint density at radius 3 is 2.06 bits per heavy atom. The van der Waals surface area contributed by atoms with Crippen LogP contribution < -0.4 is 0 Å². The molecule has 2 N–H and O–H groups in total. The fourth-order valence-electron chi connectivity index (χ4n) is 2.94. The van der Waals surface area contributed by atoms with Crippen LogP contribution in [0, 0.1) is 11.8 Å². The molecular weight excluding hydrogens is 244 g/mol. The first-order chi connectivity index (χ1) is 8.12. The maximum Gasteiger partial charge on any atom is 0.162 e. The number of hydrogen-bond acceptors (Lipinski definition) is 3. The van der Waals surface area contributed by atoms with E-state index in [9.17, 15) is 15.0 Å². The number of rotatable bonds is 4. The van der Waals surface area contributed by atoms with Gasteiger partial charge in [0.15, 0.2) is 5.78 Å². The summed E-state index contributed by atoms with van der Waals surface area (Å²) < 4.78 is 0. The molecule has 1 aliphatic carbocycles. The molecule has 0 radical (unpaired) electrons. The Morgan fingerprint density at radius 1 is 1.28 bits per heavy atom. The molecule has 18 heavy (non-hydrogen) atoms. The molecule has 4 atom stereocenters. The van der Waals surface area contributed by atoms with E-state index < -0.39 is 26.2 Å². The second-order valence-electron chi connectivity index (χ2n) is 6.15. The highest BCUT2D eigenvalue weighted by molar-refractivity contribution is 6.87. The Morgan fingerprint density at radius 2 is 1.78 bits per heavy atom. The second kappa shape index (κ2) is 5.11. The minimum absolute atomic E-state index is 0.0472. The average molecular weight is 268 g/mol. The lowest BCUT2D eigenvalue weighted by Crippen LogP contribution is -2.31. The summed E-state index contributed by atoms with van der Waals surface area (Å²) in [5.74, 6) is -0.668. The number of aliphatic hydroxyl groups is 2. The first-order valence-corrected chi connectivity index (χ1v) is 9.90. The molecule has 2 unspecified atom stereocenters. The van der Waals surface area contributed by atoms with Crippen LogP contribution in [0.15, 0.2) is 23.4 Å². The molecule has 0 aromatic heterocycles. The van der Waals surface area contributed by atoms with Crippen molar-refractivity contribution in [3.63, 3.8) is 0 Å². The zero-order chi connectivity index (χ0) is 14.2. The van der Waals surface area contributed by atoms with Gasteiger partial charge in [-0.1, -0.05) is 25.7 Å². The van der Waals surface area contributed by atoms with Crippen molar-refractivity contribution in [3.05, 3.63) is 23.4 Å². The van der Waals surface area contributed by atoms with Gasteiger partial charge in [-0.3, -0.25) is 4.79 Å². The standard InChI is InChI=1S/C14H24O3Si/c1-7-10-11(8(2)15)12(9(3)16)14(13(10)17)18(4,5)6/h7-11,15-16H,1H2,2-6H3/t8-,9-,10?,11?/m0/s1. The lowest BCUT2D eigenvalue weighted by molar-refractivity contribution is -0.118. The van der Waals surface area contributed by atoms with E-state index in [2.05, 4.69) is 26.2 Å².